The number of para-hydroxylation sites is 1. The summed E-state index contributed by atoms with van der Waals surface area (Å²) in [5, 5.41) is 14.7. The Morgan fingerprint density at radius 2 is 2.19 bits per heavy atom. The first-order chi connectivity index (χ1) is 10.2. The minimum Gasteiger partial charge on any atom is -0.379 e. The summed E-state index contributed by atoms with van der Waals surface area (Å²) in [4.78, 5) is 13.4. The molecule has 1 N–H and O–H groups in total. The second-order valence-electron chi connectivity index (χ2n) is 5.75. The molecule has 1 aromatic rings. The van der Waals surface area contributed by atoms with Gasteiger partial charge in [0.05, 0.1) is 4.92 Å². The molecule has 1 aromatic carbocycles. The Kier molecular flexibility index (Phi) is 5.42. The number of nitro benzene ring substituents is 1. The molecule has 0 aromatic heterocycles. The SMILES string of the molecule is CCCNc1cccc(N2CCC(CCC)C2)c1[N+](=O)[O-]. The van der Waals surface area contributed by atoms with Crippen LogP contribution in [0.3, 0.4) is 0 Å². The maximum Gasteiger partial charge on any atom is 0.315 e. The van der Waals surface area contributed by atoms with E-state index in [0.29, 0.717) is 11.6 Å². The lowest BCUT2D eigenvalue weighted by Gasteiger charge is -2.20. The molecule has 5 heteroatoms. The number of anilines is 2. The standard InChI is InChI=1S/C16H25N3O2/c1-3-6-13-9-11-18(12-13)15-8-5-7-14(17-10-4-2)16(15)19(20)21/h5,7-8,13,17H,3-4,6,9-12H2,1-2H3. The second kappa shape index (κ2) is 7.29. The molecule has 1 unspecified atom stereocenters. The summed E-state index contributed by atoms with van der Waals surface area (Å²) in [6.07, 6.45) is 4.47. The van der Waals surface area contributed by atoms with Crippen LogP contribution in [0.25, 0.3) is 0 Å². The second-order valence-corrected chi connectivity index (χ2v) is 5.75. The lowest BCUT2D eigenvalue weighted by molar-refractivity contribution is -0.383. The zero-order valence-corrected chi connectivity index (χ0v) is 13.0. The maximum absolute atomic E-state index is 11.5. The molecular weight excluding hydrogens is 266 g/mol. The van der Waals surface area contributed by atoms with Gasteiger partial charge in [-0.25, -0.2) is 0 Å². The van der Waals surface area contributed by atoms with E-state index in [9.17, 15) is 10.1 Å². The number of benzene rings is 1. The quantitative estimate of drug-likeness (QED) is 0.608. The first kappa shape index (κ1) is 15.6. The van der Waals surface area contributed by atoms with E-state index in [1.165, 1.54) is 12.8 Å². The van der Waals surface area contributed by atoms with Gasteiger partial charge in [-0.1, -0.05) is 26.3 Å². The van der Waals surface area contributed by atoms with E-state index in [4.69, 9.17) is 0 Å². The first-order valence-corrected chi connectivity index (χ1v) is 7.93. The summed E-state index contributed by atoms with van der Waals surface area (Å²) >= 11 is 0. The predicted molar refractivity (Wildman–Crippen MR) is 87.1 cm³/mol. The van der Waals surface area contributed by atoms with Gasteiger partial charge in [0.2, 0.25) is 0 Å². The zero-order chi connectivity index (χ0) is 15.2. The Labute approximate surface area is 126 Å². The van der Waals surface area contributed by atoms with Gasteiger partial charge in [-0.2, -0.15) is 0 Å². The molecule has 0 bridgehead atoms. The first-order valence-electron chi connectivity index (χ1n) is 7.93. The minimum atomic E-state index is -0.250. The molecule has 1 aliphatic heterocycles. The number of hydrogen-bond donors (Lipinski definition) is 1. The van der Waals surface area contributed by atoms with Crippen LogP contribution in [0.2, 0.25) is 0 Å². The highest BCUT2D eigenvalue weighted by atomic mass is 16.6. The van der Waals surface area contributed by atoms with Crippen molar-refractivity contribution in [3.05, 3.63) is 28.3 Å². The summed E-state index contributed by atoms with van der Waals surface area (Å²) in [6, 6.07) is 5.59. The Hall–Kier alpha value is -1.78. The third kappa shape index (κ3) is 3.65. The van der Waals surface area contributed by atoms with Gasteiger partial charge in [0, 0.05) is 19.6 Å². The normalized spacial score (nSPS) is 18.0. The summed E-state index contributed by atoms with van der Waals surface area (Å²) < 4.78 is 0. The predicted octanol–water partition coefficient (Wildman–Crippen LogP) is 4.04. The number of nitrogens with one attached hydrogen (secondary N) is 1. The van der Waals surface area contributed by atoms with Crippen LogP contribution >= 0.6 is 0 Å². The molecular formula is C16H25N3O2. The van der Waals surface area contributed by atoms with Gasteiger partial charge in [0.1, 0.15) is 11.4 Å². The van der Waals surface area contributed by atoms with Gasteiger partial charge in [-0.3, -0.25) is 10.1 Å². The van der Waals surface area contributed by atoms with Crippen molar-refractivity contribution < 1.29 is 4.92 Å². The number of hydrogen-bond acceptors (Lipinski definition) is 4. The molecule has 1 heterocycles. The van der Waals surface area contributed by atoms with Crippen LogP contribution < -0.4 is 10.2 Å². The Balaban J connectivity index is 2.24. The Morgan fingerprint density at radius 1 is 1.38 bits per heavy atom. The van der Waals surface area contributed by atoms with Crippen molar-refractivity contribution in [2.45, 2.75) is 39.5 Å². The molecule has 5 nitrogen and oxygen atoms in total. The third-order valence-corrected chi connectivity index (χ3v) is 4.09. The lowest BCUT2D eigenvalue weighted by atomic mass is 10.0. The van der Waals surface area contributed by atoms with Crippen LogP contribution in [0, 0.1) is 16.0 Å². The molecule has 2 rings (SSSR count). The van der Waals surface area contributed by atoms with Crippen LogP contribution in [0.15, 0.2) is 18.2 Å². The molecule has 0 spiro atoms. The highest BCUT2D eigenvalue weighted by Gasteiger charge is 2.29. The average molecular weight is 291 g/mol. The van der Waals surface area contributed by atoms with Crippen molar-refractivity contribution in [1.82, 2.24) is 0 Å². The van der Waals surface area contributed by atoms with E-state index in [-0.39, 0.29) is 10.6 Å². The average Bonchev–Trinajstić information content (AvgIpc) is 2.93. The van der Waals surface area contributed by atoms with Crippen molar-refractivity contribution in [2.24, 2.45) is 5.92 Å². The highest BCUT2D eigenvalue weighted by molar-refractivity contribution is 5.77. The molecule has 1 saturated heterocycles. The van der Waals surface area contributed by atoms with Crippen molar-refractivity contribution in [2.75, 3.05) is 29.9 Å². The van der Waals surface area contributed by atoms with E-state index in [1.54, 1.807) is 6.07 Å². The zero-order valence-electron chi connectivity index (χ0n) is 13.0. The Bertz CT molecular complexity index is 490. The largest absolute Gasteiger partial charge is 0.379 e. The van der Waals surface area contributed by atoms with Crippen molar-refractivity contribution in [1.29, 1.82) is 0 Å². The van der Waals surface area contributed by atoms with E-state index >= 15 is 0 Å². The van der Waals surface area contributed by atoms with E-state index in [0.717, 1.165) is 38.2 Å². The van der Waals surface area contributed by atoms with Crippen LogP contribution in [0.4, 0.5) is 17.1 Å². The van der Waals surface area contributed by atoms with Crippen LogP contribution in [-0.2, 0) is 0 Å². The van der Waals surface area contributed by atoms with E-state index in [2.05, 4.69) is 24.1 Å². The van der Waals surface area contributed by atoms with Crippen molar-refractivity contribution in [3.63, 3.8) is 0 Å². The van der Waals surface area contributed by atoms with Gasteiger partial charge in [-0.15, -0.1) is 0 Å². The molecule has 0 amide bonds. The van der Waals surface area contributed by atoms with Gasteiger partial charge in [0.25, 0.3) is 0 Å². The van der Waals surface area contributed by atoms with E-state index < -0.39 is 0 Å². The lowest BCUT2D eigenvalue weighted by Crippen LogP contribution is -2.21. The maximum atomic E-state index is 11.5. The number of rotatable bonds is 7. The van der Waals surface area contributed by atoms with Crippen molar-refractivity contribution >= 4 is 17.1 Å². The molecule has 0 aliphatic carbocycles. The van der Waals surface area contributed by atoms with Crippen LogP contribution in [0.5, 0.6) is 0 Å². The molecule has 0 saturated carbocycles. The smallest absolute Gasteiger partial charge is 0.315 e. The minimum absolute atomic E-state index is 0.225. The van der Waals surface area contributed by atoms with E-state index in [1.807, 2.05) is 12.1 Å². The summed E-state index contributed by atoms with van der Waals surface area (Å²) in [5.74, 6) is 0.668. The fraction of sp³-hybridized carbons (Fsp3) is 0.625. The topological polar surface area (TPSA) is 58.4 Å². The summed E-state index contributed by atoms with van der Waals surface area (Å²) in [7, 11) is 0. The molecule has 21 heavy (non-hydrogen) atoms. The Morgan fingerprint density at radius 3 is 2.86 bits per heavy atom. The number of nitro groups is 1. The molecule has 1 atom stereocenters. The van der Waals surface area contributed by atoms with Gasteiger partial charge < -0.3 is 10.2 Å². The van der Waals surface area contributed by atoms with Crippen molar-refractivity contribution in [3.8, 4) is 0 Å². The number of nitrogens with zero attached hydrogens (tertiary/aromatic N) is 2. The fourth-order valence-electron chi connectivity index (χ4n) is 3.08. The summed E-state index contributed by atoms with van der Waals surface area (Å²) in [5.41, 5.74) is 1.63. The van der Waals surface area contributed by atoms with Crippen LogP contribution in [-0.4, -0.2) is 24.6 Å². The van der Waals surface area contributed by atoms with Gasteiger partial charge in [-0.05, 0) is 37.3 Å². The third-order valence-electron chi connectivity index (χ3n) is 4.09. The van der Waals surface area contributed by atoms with Gasteiger partial charge >= 0.3 is 5.69 Å². The molecule has 116 valence electrons. The fourth-order valence-corrected chi connectivity index (χ4v) is 3.08. The highest BCUT2D eigenvalue weighted by Crippen LogP contribution is 2.38. The molecule has 1 fully saturated rings. The molecule has 0 radical (unpaired) electrons. The van der Waals surface area contributed by atoms with Crippen LogP contribution in [0.1, 0.15) is 39.5 Å². The monoisotopic (exact) mass is 291 g/mol. The molecule has 1 aliphatic rings. The summed E-state index contributed by atoms with van der Waals surface area (Å²) in [6.45, 7) is 6.86. The van der Waals surface area contributed by atoms with Gasteiger partial charge in [0.15, 0.2) is 0 Å².